The molecular formula is C17H23BrClN3O2. The van der Waals surface area contributed by atoms with Gasteiger partial charge < -0.3 is 15.5 Å². The number of nitrogens with two attached hydrogens (primary N) is 1. The second kappa shape index (κ2) is 8.32. The molecule has 0 aliphatic carbocycles. The Hall–Kier alpha value is -1.11. The molecule has 2 unspecified atom stereocenters. The molecule has 7 heteroatoms. The van der Waals surface area contributed by atoms with E-state index in [0.717, 1.165) is 36.8 Å². The fraction of sp³-hybridized carbons (Fsp3) is 0.529. The number of halogens is 2. The Bertz CT molecular complexity index is 596. The first-order chi connectivity index (χ1) is 11.1. The minimum atomic E-state index is -0.317. The van der Waals surface area contributed by atoms with Gasteiger partial charge in [0.1, 0.15) is 6.04 Å². The summed E-state index contributed by atoms with van der Waals surface area (Å²) in [5.41, 5.74) is 6.34. The number of rotatable bonds is 3. The lowest BCUT2D eigenvalue weighted by Gasteiger charge is -2.28. The van der Waals surface area contributed by atoms with Gasteiger partial charge in [0.15, 0.2) is 0 Å². The SMILES string of the molecule is Cl.NCC1CCN(C(=O)C2CCCN2C(=O)c2ccc(Br)cc2)C1. The molecule has 2 fully saturated rings. The second-order valence-electron chi connectivity index (χ2n) is 6.34. The van der Waals surface area contributed by atoms with Crippen LogP contribution in [0.15, 0.2) is 28.7 Å². The van der Waals surface area contributed by atoms with E-state index in [-0.39, 0.29) is 30.3 Å². The molecule has 0 bridgehead atoms. The molecule has 5 nitrogen and oxygen atoms in total. The first kappa shape index (κ1) is 19.2. The van der Waals surface area contributed by atoms with E-state index in [1.807, 2.05) is 17.0 Å². The lowest BCUT2D eigenvalue weighted by atomic mass is 10.1. The Morgan fingerprint density at radius 2 is 1.88 bits per heavy atom. The topological polar surface area (TPSA) is 66.6 Å². The molecule has 132 valence electrons. The lowest BCUT2D eigenvalue weighted by Crippen LogP contribution is -2.47. The monoisotopic (exact) mass is 415 g/mol. The Morgan fingerprint density at radius 1 is 1.17 bits per heavy atom. The van der Waals surface area contributed by atoms with Crippen LogP contribution in [0.3, 0.4) is 0 Å². The van der Waals surface area contributed by atoms with Crippen LogP contribution in [0.1, 0.15) is 29.6 Å². The summed E-state index contributed by atoms with van der Waals surface area (Å²) in [5, 5.41) is 0. The van der Waals surface area contributed by atoms with Crippen molar-refractivity contribution in [2.45, 2.75) is 25.3 Å². The third-order valence-corrected chi connectivity index (χ3v) is 5.35. The quantitative estimate of drug-likeness (QED) is 0.822. The first-order valence-electron chi connectivity index (χ1n) is 8.15. The lowest BCUT2D eigenvalue weighted by molar-refractivity contribution is -0.134. The van der Waals surface area contributed by atoms with E-state index in [1.54, 1.807) is 17.0 Å². The van der Waals surface area contributed by atoms with Gasteiger partial charge >= 0.3 is 0 Å². The Kier molecular flexibility index (Phi) is 6.66. The van der Waals surface area contributed by atoms with Crippen LogP contribution >= 0.6 is 28.3 Å². The van der Waals surface area contributed by atoms with Crippen molar-refractivity contribution in [3.8, 4) is 0 Å². The molecule has 0 aromatic heterocycles. The molecule has 0 radical (unpaired) electrons. The number of carbonyl (C=O) groups excluding carboxylic acids is 2. The van der Waals surface area contributed by atoms with Crippen LogP contribution < -0.4 is 5.73 Å². The Balaban J connectivity index is 0.00000208. The summed E-state index contributed by atoms with van der Waals surface area (Å²) >= 11 is 3.37. The van der Waals surface area contributed by atoms with Crippen molar-refractivity contribution in [1.82, 2.24) is 9.80 Å². The Morgan fingerprint density at radius 3 is 2.50 bits per heavy atom. The van der Waals surface area contributed by atoms with E-state index in [9.17, 15) is 9.59 Å². The van der Waals surface area contributed by atoms with Crippen molar-refractivity contribution >= 4 is 40.2 Å². The zero-order valence-electron chi connectivity index (χ0n) is 13.5. The molecule has 2 saturated heterocycles. The number of nitrogens with zero attached hydrogens (tertiary/aromatic N) is 2. The first-order valence-corrected chi connectivity index (χ1v) is 8.95. The van der Waals surface area contributed by atoms with Crippen molar-refractivity contribution in [1.29, 1.82) is 0 Å². The van der Waals surface area contributed by atoms with Gasteiger partial charge in [0.25, 0.3) is 5.91 Å². The maximum atomic E-state index is 12.8. The van der Waals surface area contributed by atoms with Crippen LogP contribution in [0.25, 0.3) is 0 Å². The molecular weight excluding hydrogens is 394 g/mol. The molecule has 2 atom stereocenters. The van der Waals surface area contributed by atoms with E-state index in [0.29, 0.717) is 24.6 Å². The van der Waals surface area contributed by atoms with Gasteiger partial charge in [-0.1, -0.05) is 15.9 Å². The summed E-state index contributed by atoms with van der Waals surface area (Å²) < 4.78 is 0.938. The number of amides is 2. The van der Waals surface area contributed by atoms with Gasteiger partial charge in [-0.25, -0.2) is 0 Å². The highest BCUT2D eigenvalue weighted by atomic mass is 79.9. The molecule has 0 saturated carbocycles. The standard InChI is InChI=1S/C17H22BrN3O2.ClH/c18-14-5-3-13(4-6-14)16(22)21-8-1-2-15(21)17(23)20-9-7-12(10-19)11-20;/h3-6,12,15H,1-2,7-11,19H2;1H. The summed E-state index contributed by atoms with van der Waals surface area (Å²) in [5.74, 6) is 0.433. The van der Waals surface area contributed by atoms with Gasteiger partial charge in [-0.15, -0.1) is 12.4 Å². The number of hydrogen-bond acceptors (Lipinski definition) is 3. The number of benzene rings is 1. The number of hydrogen-bond donors (Lipinski definition) is 1. The van der Waals surface area contributed by atoms with E-state index in [1.165, 1.54) is 0 Å². The van der Waals surface area contributed by atoms with Crippen LogP contribution in [0.4, 0.5) is 0 Å². The summed E-state index contributed by atoms with van der Waals surface area (Å²) in [6.07, 6.45) is 2.60. The van der Waals surface area contributed by atoms with Crippen molar-refractivity contribution in [3.05, 3.63) is 34.3 Å². The minimum absolute atomic E-state index is 0. The molecule has 2 aliphatic heterocycles. The van der Waals surface area contributed by atoms with Crippen molar-refractivity contribution < 1.29 is 9.59 Å². The fourth-order valence-corrected chi connectivity index (χ4v) is 3.73. The van der Waals surface area contributed by atoms with Crippen molar-refractivity contribution in [3.63, 3.8) is 0 Å². The van der Waals surface area contributed by atoms with Gasteiger partial charge in [0.2, 0.25) is 5.91 Å². The maximum absolute atomic E-state index is 12.8. The average Bonchev–Trinajstić information content (AvgIpc) is 3.23. The number of carbonyl (C=O) groups is 2. The summed E-state index contributed by atoms with van der Waals surface area (Å²) in [6.45, 7) is 2.76. The van der Waals surface area contributed by atoms with Gasteiger partial charge in [-0.3, -0.25) is 9.59 Å². The molecule has 2 amide bonds. The van der Waals surface area contributed by atoms with Gasteiger partial charge in [-0.05, 0) is 56.0 Å². The van der Waals surface area contributed by atoms with E-state index >= 15 is 0 Å². The summed E-state index contributed by atoms with van der Waals surface area (Å²) in [4.78, 5) is 29.1. The molecule has 0 spiro atoms. The molecule has 1 aromatic carbocycles. The molecule has 1 aromatic rings. The highest BCUT2D eigenvalue weighted by Gasteiger charge is 2.38. The predicted molar refractivity (Wildman–Crippen MR) is 99.2 cm³/mol. The molecule has 2 N–H and O–H groups in total. The zero-order valence-corrected chi connectivity index (χ0v) is 15.9. The van der Waals surface area contributed by atoms with Gasteiger partial charge in [0, 0.05) is 29.7 Å². The molecule has 24 heavy (non-hydrogen) atoms. The minimum Gasteiger partial charge on any atom is -0.341 e. The molecule has 3 rings (SSSR count). The van der Waals surface area contributed by atoms with Crippen LogP contribution in [-0.4, -0.2) is 53.8 Å². The molecule has 2 aliphatic rings. The van der Waals surface area contributed by atoms with Crippen LogP contribution in [-0.2, 0) is 4.79 Å². The fourth-order valence-electron chi connectivity index (χ4n) is 3.46. The molecule has 2 heterocycles. The van der Waals surface area contributed by atoms with Gasteiger partial charge in [0.05, 0.1) is 0 Å². The van der Waals surface area contributed by atoms with Crippen LogP contribution in [0.2, 0.25) is 0 Å². The van der Waals surface area contributed by atoms with E-state index in [2.05, 4.69) is 15.9 Å². The smallest absolute Gasteiger partial charge is 0.254 e. The highest BCUT2D eigenvalue weighted by Crippen LogP contribution is 2.25. The summed E-state index contributed by atoms with van der Waals surface area (Å²) in [7, 11) is 0. The van der Waals surface area contributed by atoms with E-state index < -0.39 is 0 Å². The van der Waals surface area contributed by atoms with Crippen LogP contribution in [0, 0.1) is 5.92 Å². The number of likely N-dealkylation sites (tertiary alicyclic amines) is 2. The van der Waals surface area contributed by atoms with E-state index in [4.69, 9.17) is 5.73 Å². The predicted octanol–water partition coefficient (Wildman–Crippen LogP) is 2.28. The second-order valence-corrected chi connectivity index (χ2v) is 7.25. The van der Waals surface area contributed by atoms with Crippen molar-refractivity contribution in [2.24, 2.45) is 11.7 Å². The average molecular weight is 417 g/mol. The van der Waals surface area contributed by atoms with Gasteiger partial charge in [-0.2, -0.15) is 0 Å². The summed E-state index contributed by atoms with van der Waals surface area (Å²) in [6, 6.07) is 6.99. The highest BCUT2D eigenvalue weighted by molar-refractivity contribution is 9.10. The van der Waals surface area contributed by atoms with Crippen LogP contribution in [0.5, 0.6) is 0 Å². The third-order valence-electron chi connectivity index (χ3n) is 4.82. The largest absolute Gasteiger partial charge is 0.341 e. The Labute approximate surface area is 157 Å². The third kappa shape index (κ3) is 3.92. The zero-order chi connectivity index (χ0) is 16.4. The van der Waals surface area contributed by atoms with Crippen molar-refractivity contribution in [2.75, 3.05) is 26.2 Å². The normalized spacial score (nSPS) is 23.2. The maximum Gasteiger partial charge on any atom is 0.254 e.